The Morgan fingerprint density at radius 3 is 2.56 bits per heavy atom. The second-order valence-electron chi connectivity index (χ2n) is 6.43. The fourth-order valence-electron chi connectivity index (χ4n) is 3.43. The standard InChI is InChI=1S/C20H24FNO3/c1-24-16-5-3-4-14(10-16)18-8-9-22(13-20(18)23)12-15-6-7-17(25-2)11-19(15)21/h3-7,10-11,18,20,23H,8-9,12-13H2,1-2H3/t18-,20+/m1/s1. The van der Waals surface area contributed by atoms with Crippen LogP contribution in [0.1, 0.15) is 23.5 Å². The third-order valence-corrected chi connectivity index (χ3v) is 4.84. The Balaban J connectivity index is 1.65. The minimum absolute atomic E-state index is 0.0760. The molecule has 0 aliphatic carbocycles. The summed E-state index contributed by atoms with van der Waals surface area (Å²) in [5.74, 6) is 1.11. The summed E-state index contributed by atoms with van der Waals surface area (Å²) in [4.78, 5) is 2.09. The number of aliphatic hydroxyl groups excluding tert-OH is 1. The molecule has 1 aliphatic heterocycles. The predicted molar refractivity (Wildman–Crippen MR) is 94.6 cm³/mol. The van der Waals surface area contributed by atoms with Crippen LogP contribution in [-0.2, 0) is 6.54 Å². The third-order valence-electron chi connectivity index (χ3n) is 4.84. The number of hydrogen-bond acceptors (Lipinski definition) is 4. The monoisotopic (exact) mass is 345 g/mol. The smallest absolute Gasteiger partial charge is 0.131 e. The van der Waals surface area contributed by atoms with Gasteiger partial charge in [-0.15, -0.1) is 0 Å². The molecule has 2 atom stereocenters. The zero-order valence-corrected chi connectivity index (χ0v) is 14.6. The van der Waals surface area contributed by atoms with E-state index in [-0.39, 0.29) is 11.7 Å². The first-order valence-electron chi connectivity index (χ1n) is 8.47. The summed E-state index contributed by atoms with van der Waals surface area (Å²) in [6.45, 7) is 1.81. The zero-order chi connectivity index (χ0) is 17.8. The van der Waals surface area contributed by atoms with Crippen LogP contribution in [0.5, 0.6) is 11.5 Å². The molecule has 2 aromatic carbocycles. The molecule has 25 heavy (non-hydrogen) atoms. The van der Waals surface area contributed by atoms with Crippen LogP contribution in [0.4, 0.5) is 4.39 Å². The molecule has 1 saturated heterocycles. The Labute approximate surface area is 147 Å². The lowest BCUT2D eigenvalue weighted by atomic mass is 9.87. The molecule has 3 rings (SSSR count). The van der Waals surface area contributed by atoms with Gasteiger partial charge in [-0.3, -0.25) is 4.90 Å². The first kappa shape index (κ1) is 17.7. The summed E-state index contributed by atoms with van der Waals surface area (Å²) in [6.07, 6.45) is 0.341. The molecule has 2 aromatic rings. The van der Waals surface area contributed by atoms with Crippen molar-refractivity contribution in [2.45, 2.75) is 25.0 Å². The maximum Gasteiger partial charge on any atom is 0.131 e. The summed E-state index contributed by atoms with van der Waals surface area (Å²) in [6, 6.07) is 12.8. The maximum absolute atomic E-state index is 14.1. The van der Waals surface area contributed by atoms with Crippen molar-refractivity contribution in [2.24, 2.45) is 0 Å². The van der Waals surface area contributed by atoms with E-state index in [0.29, 0.717) is 24.4 Å². The van der Waals surface area contributed by atoms with Crippen LogP contribution in [0, 0.1) is 5.82 Å². The number of hydrogen-bond donors (Lipinski definition) is 1. The van der Waals surface area contributed by atoms with Crippen molar-refractivity contribution < 1.29 is 19.0 Å². The summed E-state index contributed by atoms with van der Waals surface area (Å²) >= 11 is 0. The van der Waals surface area contributed by atoms with Crippen molar-refractivity contribution in [3.05, 3.63) is 59.4 Å². The minimum Gasteiger partial charge on any atom is -0.497 e. The molecule has 1 N–H and O–H groups in total. The van der Waals surface area contributed by atoms with Crippen molar-refractivity contribution >= 4 is 0 Å². The van der Waals surface area contributed by atoms with Crippen LogP contribution < -0.4 is 9.47 Å². The predicted octanol–water partition coefficient (Wildman–Crippen LogP) is 3.19. The van der Waals surface area contributed by atoms with E-state index in [9.17, 15) is 9.50 Å². The lowest BCUT2D eigenvalue weighted by molar-refractivity contribution is 0.0471. The first-order chi connectivity index (χ1) is 12.1. The van der Waals surface area contributed by atoms with E-state index in [2.05, 4.69) is 4.90 Å². The molecule has 0 saturated carbocycles. The van der Waals surface area contributed by atoms with Crippen molar-refractivity contribution in [3.8, 4) is 11.5 Å². The van der Waals surface area contributed by atoms with Crippen LogP contribution >= 0.6 is 0 Å². The highest BCUT2D eigenvalue weighted by atomic mass is 19.1. The summed E-state index contributed by atoms with van der Waals surface area (Å²) < 4.78 is 24.4. The molecule has 0 unspecified atom stereocenters. The van der Waals surface area contributed by atoms with E-state index in [1.807, 2.05) is 24.3 Å². The number of piperidine rings is 1. The Hall–Kier alpha value is -2.11. The number of β-amino-alcohol motifs (C(OH)–C–C–N with tert-alkyl or cyclic N) is 1. The number of halogens is 1. The van der Waals surface area contributed by atoms with Crippen LogP contribution in [0.3, 0.4) is 0 Å². The topological polar surface area (TPSA) is 41.9 Å². The van der Waals surface area contributed by atoms with Crippen LogP contribution in [0.15, 0.2) is 42.5 Å². The molecule has 134 valence electrons. The minimum atomic E-state index is -0.484. The van der Waals surface area contributed by atoms with Gasteiger partial charge in [0.05, 0.1) is 20.3 Å². The van der Waals surface area contributed by atoms with Gasteiger partial charge in [0, 0.05) is 30.6 Å². The average Bonchev–Trinajstić information content (AvgIpc) is 2.63. The lowest BCUT2D eigenvalue weighted by Crippen LogP contribution is -2.42. The van der Waals surface area contributed by atoms with Gasteiger partial charge in [0.15, 0.2) is 0 Å². The van der Waals surface area contributed by atoms with Gasteiger partial charge < -0.3 is 14.6 Å². The maximum atomic E-state index is 14.1. The van der Waals surface area contributed by atoms with E-state index in [0.717, 1.165) is 24.3 Å². The fraction of sp³-hybridized carbons (Fsp3) is 0.400. The molecule has 1 aliphatic rings. The van der Waals surface area contributed by atoms with Gasteiger partial charge in [-0.25, -0.2) is 4.39 Å². The Morgan fingerprint density at radius 1 is 1.12 bits per heavy atom. The molecule has 0 radical (unpaired) electrons. The van der Waals surface area contributed by atoms with Crippen LogP contribution in [0.2, 0.25) is 0 Å². The second-order valence-corrected chi connectivity index (χ2v) is 6.43. The quantitative estimate of drug-likeness (QED) is 0.904. The molecule has 4 nitrogen and oxygen atoms in total. The molecule has 1 heterocycles. The number of methoxy groups -OCH3 is 2. The Bertz CT molecular complexity index is 722. The van der Waals surface area contributed by atoms with Crippen molar-refractivity contribution in [2.75, 3.05) is 27.3 Å². The number of nitrogens with zero attached hydrogens (tertiary/aromatic N) is 1. The number of ether oxygens (including phenoxy) is 2. The number of benzene rings is 2. The molecule has 0 aromatic heterocycles. The van der Waals surface area contributed by atoms with Gasteiger partial charge in [-0.2, -0.15) is 0 Å². The molecule has 5 heteroatoms. The van der Waals surface area contributed by atoms with Gasteiger partial charge in [-0.05, 0) is 36.7 Å². The largest absolute Gasteiger partial charge is 0.497 e. The van der Waals surface area contributed by atoms with Crippen molar-refractivity contribution in [1.29, 1.82) is 0 Å². The number of aliphatic hydroxyl groups is 1. The van der Waals surface area contributed by atoms with Crippen molar-refractivity contribution in [1.82, 2.24) is 4.90 Å². The highest BCUT2D eigenvalue weighted by molar-refractivity contribution is 5.32. The van der Waals surface area contributed by atoms with E-state index in [4.69, 9.17) is 9.47 Å². The molecule has 0 spiro atoms. The fourth-order valence-corrected chi connectivity index (χ4v) is 3.43. The second kappa shape index (κ2) is 7.85. The highest BCUT2D eigenvalue weighted by Crippen LogP contribution is 2.31. The Morgan fingerprint density at radius 2 is 1.88 bits per heavy atom. The van der Waals surface area contributed by atoms with Crippen LogP contribution in [-0.4, -0.2) is 43.4 Å². The average molecular weight is 345 g/mol. The number of likely N-dealkylation sites (tertiary alicyclic amines) is 1. The molecule has 0 amide bonds. The van der Waals surface area contributed by atoms with Gasteiger partial charge in [0.1, 0.15) is 17.3 Å². The normalized spacial score (nSPS) is 21.1. The lowest BCUT2D eigenvalue weighted by Gasteiger charge is -2.36. The van der Waals surface area contributed by atoms with Gasteiger partial charge >= 0.3 is 0 Å². The van der Waals surface area contributed by atoms with Gasteiger partial charge in [-0.1, -0.05) is 18.2 Å². The molecular formula is C20H24FNO3. The zero-order valence-electron chi connectivity index (χ0n) is 14.6. The van der Waals surface area contributed by atoms with Gasteiger partial charge in [0.25, 0.3) is 0 Å². The molecular weight excluding hydrogens is 321 g/mol. The van der Waals surface area contributed by atoms with E-state index in [1.165, 1.54) is 13.2 Å². The Kier molecular flexibility index (Phi) is 5.56. The van der Waals surface area contributed by atoms with E-state index >= 15 is 0 Å². The SMILES string of the molecule is COc1cccc([C@H]2CCN(Cc3ccc(OC)cc3F)C[C@@H]2O)c1. The summed E-state index contributed by atoms with van der Waals surface area (Å²) in [5.41, 5.74) is 1.70. The van der Waals surface area contributed by atoms with E-state index in [1.54, 1.807) is 19.2 Å². The van der Waals surface area contributed by atoms with Crippen molar-refractivity contribution in [3.63, 3.8) is 0 Å². The highest BCUT2D eigenvalue weighted by Gasteiger charge is 2.29. The van der Waals surface area contributed by atoms with Gasteiger partial charge in [0.2, 0.25) is 0 Å². The molecule has 1 fully saturated rings. The van der Waals surface area contributed by atoms with E-state index < -0.39 is 6.10 Å². The third kappa shape index (κ3) is 4.11. The first-order valence-corrected chi connectivity index (χ1v) is 8.47. The summed E-state index contributed by atoms with van der Waals surface area (Å²) in [5, 5.41) is 10.6. The molecule has 0 bridgehead atoms. The van der Waals surface area contributed by atoms with Crippen LogP contribution in [0.25, 0.3) is 0 Å². The number of rotatable bonds is 5. The summed E-state index contributed by atoms with van der Waals surface area (Å²) in [7, 11) is 3.16.